The highest BCUT2D eigenvalue weighted by Gasteiger charge is 2.70. The number of carbonyl (C=O) groups excluding carboxylic acids is 1. The van der Waals surface area contributed by atoms with E-state index in [2.05, 4.69) is 15.4 Å². The third kappa shape index (κ3) is 2.63. The normalized spacial score (nSPS) is 38.0. The van der Waals surface area contributed by atoms with Gasteiger partial charge in [-0.25, -0.2) is 0 Å². The van der Waals surface area contributed by atoms with E-state index in [1.54, 1.807) is 4.90 Å². The summed E-state index contributed by atoms with van der Waals surface area (Å²) in [4.78, 5) is 22.6. The zero-order chi connectivity index (χ0) is 17.5. The molecule has 2 saturated heterocycles. The number of nitrogens with one attached hydrogen (secondary N) is 1. The molecule has 140 valence electrons. The maximum atomic E-state index is 12.9. The Labute approximate surface area is 149 Å². The molecule has 1 amide bonds. The Morgan fingerprint density at radius 1 is 1.28 bits per heavy atom. The van der Waals surface area contributed by atoms with Crippen LogP contribution in [-0.4, -0.2) is 81.1 Å². The van der Waals surface area contributed by atoms with Crippen LogP contribution in [0.4, 0.5) is 0 Å². The van der Waals surface area contributed by atoms with Gasteiger partial charge < -0.3 is 19.8 Å². The van der Waals surface area contributed by atoms with E-state index in [1.807, 2.05) is 14.1 Å². The summed E-state index contributed by atoms with van der Waals surface area (Å²) in [6.07, 6.45) is 5.68. The molecule has 0 bridgehead atoms. The first-order valence-corrected chi connectivity index (χ1v) is 9.59. The van der Waals surface area contributed by atoms with Crippen LogP contribution in [0.1, 0.15) is 32.1 Å². The lowest BCUT2D eigenvalue weighted by Gasteiger charge is -2.54. The lowest BCUT2D eigenvalue weighted by atomic mass is 9.50. The van der Waals surface area contributed by atoms with Gasteiger partial charge in [-0.2, -0.15) is 0 Å². The van der Waals surface area contributed by atoms with Gasteiger partial charge in [0.15, 0.2) is 6.61 Å². The van der Waals surface area contributed by atoms with Gasteiger partial charge >= 0.3 is 0 Å². The average molecular weight is 350 g/mol. The second-order valence-electron chi connectivity index (χ2n) is 8.26. The summed E-state index contributed by atoms with van der Waals surface area (Å²) in [5.74, 6) is 0.820. The third-order valence-electron chi connectivity index (χ3n) is 6.57. The van der Waals surface area contributed by atoms with Gasteiger partial charge in [0.2, 0.25) is 11.8 Å². The minimum atomic E-state index is -0.425. The SMILES string of the molecule is CN(C)C(=O)C12CC[C@@]1(C1=NOCC(CN3CCCCC3)O1)CNC2. The number of hydrogen-bond acceptors (Lipinski definition) is 6. The molecule has 0 radical (unpaired) electrons. The summed E-state index contributed by atoms with van der Waals surface area (Å²) >= 11 is 0. The Morgan fingerprint density at radius 3 is 2.76 bits per heavy atom. The minimum Gasteiger partial charge on any atom is -0.470 e. The quantitative estimate of drug-likeness (QED) is 0.807. The van der Waals surface area contributed by atoms with Crippen molar-refractivity contribution in [3.63, 3.8) is 0 Å². The Morgan fingerprint density at radius 2 is 2.08 bits per heavy atom. The van der Waals surface area contributed by atoms with E-state index < -0.39 is 5.41 Å². The van der Waals surface area contributed by atoms with Gasteiger partial charge in [0.25, 0.3) is 0 Å². The van der Waals surface area contributed by atoms with Crippen molar-refractivity contribution in [2.24, 2.45) is 16.0 Å². The number of fused-ring (bicyclic) bond motifs is 1. The lowest BCUT2D eigenvalue weighted by molar-refractivity contribution is -0.153. The fourth-order valence-corrected chi connectivity index (χ4v) is 5.05. The predicted molar refractivity (Wildman–Crippen MR) is 94.2 cm³/mol. The summed E-state index contributed by atoms with van der Waals surface area (Å²) < 4.78 is 6.33. The first-order chi connectivity index (χ1) is 12.1. The number of oxime groups is 1. The van der Waals surface area contributed by atoms with E-state index in [4.69, 9.17) is 9.57 Å². The second-order valence-corrected chi connectivity index (χ2v) is 8.26. The topological polar surface area (TPSA) is 66.4 Å². The Balaban J connectivity index is 1.49. The predicted octanol–water partition coefficient (Wildman–Crippen LogP) is 0.659. The summed E-state index contributed by atoms with van der Waals surface area (Å²) in [7, 11) is 3.66. The molecule has 7 nitrogen and oxygen atoms in total. The first-order valence-electron chi connectivity index (χ1n) is 9.59. The molecule has 7 heteroatoms. The van der Waals surface area contributed by atoms with Crippen LogP contribution in [0.15, 0.2) is 5.16 Å². The van der Waals surface area contributed by atoms with Crippen molar-refractivity contribution in [2.45, 2.75) is 38.2 Å². The van der Waals surface area contributed by atoms with Crippen LogP contribution in [0.3, 0.4) is 0 Å². The summed E-state index contributed by atoms with van der Waals surface area (Å²) in [5, 5.41) is 7.70. The van der Waals surface area contributed by atoms with Crippen molar-refractivity contribution in [2.75, 3.05) is 53.4 Å². The zero-order valence-electron chi connectivity index (χ0n) is 15.4. The third-order valence-corrected chi connectivity index (χ3v) is 6.57. The van der Waals surface area contributed by atoms with E-state index in [0.29, 0.717) is 19.0 Å². The number of amides is 1. The lowest BCUT2D eigenvalue weighted by Crippen LogP contribution is -2.63. The van der Waals surface area contributed by atoms with Crippen molar-refractivity contribution in [3.05, 3.63) is 0 Å². The van der Waals surface area contributed by atoms with Gasteiger partial charge in [0, 0.05) is 33.7 Å². The van der Waals surface area contributed by atoms with E-state index in [9.17, 15) is 4.79 Å². The van der Waals surface area contributed by atoms with Crippen LogP contribution in [0.2, 0.25) is 0 Å². The molecule has 1 aliphatic carbocycles. The molecule has 4 rings (SSSR count). The highest BCUT2D eigenvalue weighted by Crippen LogP contribution is 2.61. The Hall–Kier alpha value is -1.34. The van der Waals surface area contributed by atoms with Crippen LogP contribution >= 0.6 is 0 Å². The molecular formula is C18H30N4O3. The van der Waals surface area contributed by atoms with Gasteiger partial charge in [-0.05, 0) is 38.8 Å². The van der Waals surface area contributed by atoms with Crippen LogP contribution in [-0.2, 0) is 14.4 Å². The number of piperidine rings is 1. The summed E-state index contributed by atoms with van der Waals surface area (Å²) in [5.41, 5.74) is -0.763. The Kier molecular flexibility index (Phi) is 4.40. The average Bonchev–Trinajstić information content (AvgIpc) is 2.87. The molecule has 3 fully saturated rings. The van der Waals surface area contributed by atoms with Crippen molar-refractivity contribution >= 4 is 11.8 Å². The number of nitrogens with zero attached hydrogens (tertiary/aromatic N) is 3. The number of rotatable bonds is 4. The van der Waals surface area contributed by atoms with Crippen LogP contribution in [0, 0.1) is 10.8 Å². The van der Waals surface area contributed by atoms with Gasteiger partial charge in [-0.15, -0.1) is 0 Å². The van der Waals surface area contributed by atoms with Gasteiger partial charge in [0.05, 0.1) is 10.8 Å². The molecule has 0 aromatic rings. The van der Waals surface area contributed by atoms with Crippen molar-refractivity contribution < 1.29 is 14.4 Å². The highest BCUT2D eigenvalue weighted by molar-refractivity contribution is 5.96. The van der Waals surface area contributed by atoms with Crippen molar-refractivity contribution in [1.82, 2.24) is 15.1 Å². The first kappa shape index (κ1) is 17.1. The number of likely N-dealkylation sites (tertiary alicyclic amines) is 1. The largest absolute Gasteiger partial charge is 0.470 e. The van der Waals surface area contributed by atoms with E-state index in [0.717, 1.165) is 39.0 Å². The molecule has 1 saturated carbocycles. The molecule has 25 heavy (non-hydrogen) atoms. The fraction of sp³-hybridized carbons (Fsp3) is 0.889. The maximum Gasteiger partial charge on any atom is 0.234 e. The van der Waals surface area contributed by atoms with E-state index >= 15 is 0 Å². The van der Waals surface area contributed by atoms with Crippen molar-refractivity contribution in [1.29, 1.82) is 0 Å². The number of carbonyl (C=O) groups is 1. The van der Waals surface area contributed by atoms with E-state index in [1.165, 1.54) is 19.3 Å². The highest BCUT2D eigenvalue weighted by atomic mass is 16.7. The zero-order valence-corrected chi connectivity index (χ0v) is 15.4. The van der Waals surface area contributed by atoms with Crippen molar-refractivity contribution in [3.8, 4) is 0 Å². The van der Waals surface area contributed by atoms with E-state index in [-0.39, 0.29) is 17.4 Å². The standard InChI is InChI=1S/C18H30N4O3/c1-21(2)16(23)18-7-6-17(18,12-19-13-18)15-20-24-11-14(25-15)10-22-8-4-3-5-9-22/h14,19H,3-13H2,1-2H3/t14?,17-,18?/m0/s1. The molecule has 4 aliphatic rings. The molecule has 3 heterocycles. The fourth-order valence-electron chi connectivity index (χ4n) is 5.05. The molecule has 1 N–H and O–H groups in total. The maximum absolute atomic E-state index is 12.9. The molecule has 3 atom stereocenters. The summed E-state index contributed by atoms with van der Waals surface area (Å²) in [6.45, 7) is 5.11. The minimum absolute atomic E-state index is 0.00772. The molecule has 3 aliphatic heterocycles. The second kappa shape index (κ2) is 6.43. The van der Waals surface area contributed by atoms with Crippen LogP contribution in [0.25, 0.3) is 0 Å². The molecule has 0 aromatic carbocycles. The van der Waals surface area contributed by atoms with Crippen LogP contribution in [0.5, 0.6) is 0 Å². The van der Waals surface area contributed by atoms with Gasteiger partial charge in [0.1, 0.15) is 6.10 Å². The summed E-state index contributed by atoms with van der Waals surface area (Å²) in [6, 6.07) is 0. The molecule has 0 spiro atoms. The molecule has 2 unspecified atom stereocenters. The van der Waals surface area contributed by atoms with Gasteiger partial charge in [-0.3, -0.25) is 9.69 Å². The smallest absolute Gasteiger partial charge is 0.234 e. The monoisotopic (exact) mass is 350 g/mol. The number of hydrogen-bond donors (Lipinski definition) is 1. The number of ether oxygens (including phenoxy) is 1. The Bertz CT molecular complexity index is 561. The van der Waals surface area contributed by atoms with Crippen LogP contribution < -0.4 is 5.32 Å². The molecule has 0 aromatic heterocycles. The van der Waals surface area contributed by atoms with Gasteiger partial charge in [-0.1, -0.05) is 11.6 Å². The molecular weight excluding hydrogens is 320 g/mol.